The molecule has 9 atom stereocenters. The summed E-state index contributed by atoms with van der Waals surface area (Å²) in [7, 11) is 3.18. The van der Waals surface area contributed by atoms with Crippen LogP contribution in [-0.2, 0) is 17.8 Å². The van der Waals surface area contributed by atoms with Crippen LogP contribution in [0, 0.1) is 39.3 Å². The Hall–Kier alpha value is -4.18. The van der Waals surface area contributed by atoms with Crippen LogP contribution in [-0.4, -0.2) is 59.4 Å². The molecule has 3 fully saturated rings. The van der Waals surface area contributed by atoms with Gasteiger partial charge in [-0.25, -0.2) is 9.18 Å². The van der Waals surface area contributed by atoms with Gasteiger partial charge in [0.25, 0.3) is 0 Å². The summed E-state index contributed by atoms with van der Waals surface area (Å²) in [4.78, 5) is 31.1. The largest absolute Gasteiger partial charge is 0.497 e. The Balaban J connectivity index is 1.18. The first kappa shape index (κ1) is 40.6. The number of Topliss-reactive ketones (excluding diaryl/α,β-unsaturated/α-hetero) is 1. The standard InChI is InChI=1S/C48H56ClFN2O6/c1-30(31-10-7-6-8-11-31)51-43(55)52(28-32-14-15-34(57-4)24-40(32)58-5)29-47(56)21-18-42-45(47,3)20-17-41-44(2)19-16-33(53)26-46(44)22-23-48(41,42)36(27-46)39(54)25-35-37(49)12-9-13-38(35)50/h6-15,22-24,27,30,33,41-42,53,56H,16-21,25-26,28-29H2,1-5H3,(H,51,55)/t30-,33?,41-,42-,44-,45+,46+,47-,48-/m1/s1. The van der Waals surface area contributed by atoms with Crippen LogP contribution in [0.2, 0.25) is 5.02 Å². The van der Waals surface area contributed by atoms with Crippen LogP contribution in [0.5, 0.6) is 11.5 Å². The number of carbonyl (C=O) groups is 2. The van der Waals surface area contributed by atoms with E-state index in [1.54, 1.807) is 37.3 Å². The van der Waals surface area contributed by atoms with Gasteiger partial charge in [-0.3, -0.25) is 4.79 Å². The maximum atomic E-state index is 15.3. The Bertz CT molecular complexity index is 2140. The van der Waals surface area contributed by atoms with Crippen molar-refractivity contribution in [1.82, 2.24) is 10.2 Å². The van der Waals surface area contributed by atoms with E-state index < -0.39 is 33.8 Å². The van der Waals surface area contributed by atoms with Crippen LogP contribution >= 0.6 is 11.6 Å². The molecule has 3 saturated carbocycles. The maximum absolute atomic E-state index is 15.3. The van der Waals surface area contributed by atoms with Gasteiger partial charge in [0, 0.05) is 50.5 Å². The molecule has 8 nitrogen and oxygen atoms in total. The molecule has 9 rings (SSSR count). The number of amides is 2. The van der Waals surface area contributed by atoms with Gasteiger partial charge >= 0.3 is 6.03 Å². The van der Waals surface area contributed by atoms with Crippen molar-refractivity contribution in [3.8, 4) is 11.5 Å². The van der Waals surface area contributed by atoms with Gasteiger partial charge in [0.15, 0.2) is 5.78 Å². The third kappa shape index (κ3) is 6.21. The fourth-order valence-electron chi connectivity index (χ4n) is 12.4. The minimum atomic E-state index is -1.32. The molecule has 3 aromatic rings. The molecule has 2 bridgehead atoms. The number of nitrogens with one attached hydrogen (secondary N) is 1. The van der Waals surface area contributed by atoms with Gasteiger partial charge in [-0.1, -0.05) is 80.1 Å². The Morgan fingerprint density at radius 3 is 2.40 bits per heavy atom. The zero-order valence-electron chi connectivity index (χ0n) is 34.2. The summed E-state index contributed by atoms with van der Waals surface area (Å²) in [6, 6.07) is 19.2. The van der Waals surface area contributed by atoms with Crippen molar-refractivity contribution in [2.75, 3.05) is 20.8 Å². The van der Waals surface area contributed by atoms with E-state index in [1.807, 2.05) is 49.4 Å². The topological polar surface area (TPSA) is 108 Å². The van der Waals surface area contributed by atoms with Crippen LogP contribution in [0.4, 0.5) is 9.18 Å². The van der Waals surface area contributed by atoms with Crippen molar-refractivity contribution >= 4 is 23.4 Å². The lowest BCUT2D eigenvalue weighted by Gasteiger charge is -2.71. The van der Waals surface area contributed by atoms with Crippen molar-refractivity contribution in [2.24, 2.45) is 33.5 Å². The van der Waals surface area contributed by atoms with Crippen molar-refractivity contribution in [2.45, 2.75) is 96.4 Å². The lowest BCUT2D eigenvalue weighted by atomic mass is 9.32. The number of hydrogen-bond acceptors (Lipinski definition) is 6. The summed E-state index contributed by atoms with van der Waals surface area (Å²) in [5.74, 6) is 0.418. The number of urea groups is 1. The Morgan fingerprint density at radius 2 is 1.67 bits per heavy atom. The summed E-state index contributed by atoms with van der Waals surface area (Å²) >= 11 is 6.52. The number of allylic oxidation sites excluding steroid dienone is 4. The van der Waals surface area contributed by atoms with Crippen LogP contribution in [0.25, 0.3) is 0 Å². The smallest absolute Gasteiger partial charge is 0.318 e. The molecule has 0 saturated heterocycles. The highest BCUT2D eigenvalue weighted by Gasteiger charge is 2.74. The van der Waals surface area contributed by atoms with Gasteiger partial charge < -0.3 is 29.9 Å². The van der Waals surface area contributed by atoms with Gasteiger partial charge in [-0.05, 0) is 98.9 Å². The number of aliphatic hydroxyl groups is 2. The van der Waals surface area contributed by atoms with E-state index in [-0.39, 0.29) is 65.2 Å². The molecule has 0 radical (unpaired) electrons. The second-order valence-electron chi connectivity index (χ2n) is 18.2. The molecule has 6 aliphatic rings. The number of halogens is 2. The van der Waals surface area contributed by atoms with Gasteiger partial charge in [0.05, 0.1) is 45.1 Å². The minimum absolute atomic E-state index is 0.0538. The summed E-state index contributed by atoms with van der Waals surface area (Å²) < 4.78 is 26.5. The summed E-state index contributed by atoms with van der Waals surface area (Å²) in [6.07, 6.45) is 10.5. The van der Waals surface area contributed by atoms with Gasteiger partial charge in [0.2, 0.25) is 0 Å². The number of benzene rings is 3. The molecule has 0 aromatic heterocycles. The first-order chi connectivity index (χ1) is 27.6. The molecule has 3 N–H and O–H groups in total. The van der Waals surface area contributed by atoms with Crippen molar-refractivity contribution in [3.05, 3.63) is 118 Å². The van der Waals surface area contributed by atoms with E-state index >= 15 is 4.39 Å². The summed E-state index contributed by atoms with van der Waals surface area (Å²) in [6.45, 7) is 6.66. The predicted molar refractivity (Wildman–Crippen MR) is 222 cm³/mol. The Morgan fingerprint density at radius 1 is 0.948 bits per heavy atom. The number of hydrogen-bond donors (Lipinski definition) is 3. The summed E-state index contributed by atoms with van der Waals surface area (Å²) in [5, 5.41) is 27.8. The highest BCUT2D eigenvalue weighted by molar-refractivity contribution is 6.31. The van der Waals surface area contributed by atoms with Crippen LogP contribution < -0.4 is 14.8 Å². The van der Waals surface area contributed by atoms with E-state index in [2.05, 4.69) is 37.4 Å². The second kappa shape index (κ2) is 14.8. The number of fused-ring (bicyclic) bond motifs is 1. The van der Waals surface area contributed by atoms with Crippen LogP contribution in [0.15, 0.2) is 90.5 Å². The number of nitrogens with zero attached hydrogens (tertiary/aromatic N) is 1. The first-order valence-electron chi connectivity index (χ1n) is 20.8. The van der Waals surface area contributed by atoms with E-state index in [0.29, 0.717) is 49.2 Å². The molecule has 2 amide bonds. The lowest BCUT2D eigenvalue weighted by Crippen LogP contribution is -2.67. The second-order valence-corrected chi connectivity index (χ2v) is 18.6. The van der Waals surface area contributed by atoms with Gasteiger partial charge in [0.1, 0.15) is 17.3 Å². The number of ether oxygens (including phenoxy) is 2. The van der Waals surface area contributed by atoms with E-state index in [0.717, 1.165) is 24.0 Å². The van der Waals surface area contributed by atoms with Gasteiger partial charge in [-0.15, -0.1) is 0 Å². The maximum Gasteiger partial charge on any atom is 0.318 e. The highest BCUT2D eigenvalue weighted by Crippen LogP contribution is 2.78. The molecule has 3 aromatic carbocycles. The Labute approximate surface area is 346 Å². The molecular weight excluding hydrogens is 755 g/mol. The molecule has 2 spiro atoms. The third-order valence-corrected chi connectivity index (χ3v) is 16.0. The predicted octanol–water partition coefficient (Wildman–Crippen LogP) is 9.17. The Kier molecular flexibility index (Phi) is 10.4. The molecule has 308 valence electrons. The van der Waals surface area contributed by atoms with Crippen molar-refractivity contribution < 1.29 is 33.7 Å². The fraction of sp³-hybridized carbons (Fsp3) is 0.500. The molecular formula is C48H56ClFN2O6. The van der Waals surface area contributed by atoms with E-state index in [1.165, 1.54) is 6.07 Å². The van der Waals surface area contributed by atoms with Gasteiger partial charge in [-0.2, -0.15) is 0 Å². The number of rotatable bonds is 11. The zero-order valence-corrected chi connectivity index (χ0v) is 34.9. The monoisotopic (exact) mass is 810 g/mol. The number of methoxy groups -OCH3 is 2. The quantitative estimate of drug-likeness (QED) is 0.167. The first-order valence-corrected chi connectivity index (χ1v) is 21.1. The van der Waals surface area contributed by atoms with Crippen LogP contribution in [0.1, 0.15) is 88.4 Å². The normalized spacial score (nSPS) is 33.6. The third-order valence-electron chi connectivity index (χ3n) is 15.6. The zero-order chi connectivity index (χ0) is 41.3. The molecule has 0 aliphatic heterocycles. The molecule has 0 heterocycles. The number of carbonyl (C=O) groups excluding carboxylic acids is 2. The van der Waals surface area contributed by atoms with E-state index in [4.69, 9.17) is 21.1 Å². The molecule has 1 unspecified atom stereocenters. The summed E-state index contributed by atoms with van der Waals surface area (Å²) in [5.41, 5.74) is -0.958. The average molecular weight is 811 g/mol. The number of aliphatic hydroxyl groups excluding tert-OH is 1. The molecule has 10 heteroatoms. The fourth-order valence-corrected chi connectivity index (χ4v) is 12.6. The minimum Gasteiger partial charge on any atom is -0.497 e. The lowest BCUT2D eigenvalue weighted by molar-refractivity contribution is -0.177. The number of ketones is 1. The van der Waals surface area contributed by atoms with Crippen molar-refractivity contribution in [3.63, 3.8) is 0 Å². The molecule has 58 heavy (non-hydrogen) atoms. The average Bonchev–Trinajstić information content (AvgIpc) is 3.48. The molecule has 6 aliphatic carbocycles. The SMILES string of the molecule is COc1ccc(CN(C[C@]2(O)CC[C@H]3[C@]45C=C[C@@]6(C=C4C(=O)Cc4c(F)cccc4Cl)CC(O)CC[C@]6(C)[C@H]5CC[C@@]32C)C(=O)N[C@H](C)c2ccccc2)c(OC)c1. The highest BCUT2D eigenvalue weighted by atomic mass is 35.5. The van der Waals surface area contributed by atoms with Crippen LogP contribution in [0.3, 0.4) is 0 Å². The van der Waals surface area contributed by atoms with E-state index in [9.17, 15) is 19.8 Å². The van der Waals surface area contributed by atoms with Crippen molar-refractivity contribution in [1.29, 1.82) is 0 Å².